The summed E-state index contributed by atoms with van der Waals surface area (Å²) >= 11 is 1.57. The van der Waals surface area contributed by atoms with Crippen molar-refractivity contribution in [3.05, 3.63) is 33.7 Å². The second-order valence-electron chi connectivity index (χ2n) is 5.35. The molecule has 0 radical (unpaired) electrons. The number of nitrogens with zero attached hydrogens (tertiary/aromatic N) is 1. The molecule has 3 nitrogen and oxygen atoms in total. The molecule has 2 heterocycles. The van der Waals surface area contributed by atoms with E-state index in [9.17, 15) is 4.79 Å². The minimum Gasteiger partial charge on any atom is -0.462 e. The summed E-state index contributed by atoms with van der Waals surface area (Å²) in [6, 6.07) is 4.30. The van der Waals surface area contributed by atoms with Gasteiger partial charge in [0, 0.05) is 23.2 Å². The summed E-state index contributed by atoms with van der Waals surface area (Å²) in [4.78, 5) is 15.3. The molecule has 1 aromatic carbocycles. The average molecular weight is 289 g/mol. The highest BCUT2D eigenvalue weighted by atomic mass is 32.1. The van der Waals surface area contributed by atoms with E-state index in [1.165, 1.54) is 21.2 Å². The Morgan fingerprint density at radius 1 is 1.40 bits per heavy atom. The fourth-order valence-electron chi connectivity index (χ4n) is 2.92. The number of benzene rings is 1. The zero-order valence-electron chi connectivity index (χ0n) is 12.2. The Balaban J connectivity index is 2.25. The van der Waals surface area contributed by atoms with Crippen LogP contribution in [0.25, 0.3) is 10.1 Å². The van der Waals surface area contributed by atoms with Crippen LogP contribution in [-0.4, -0.2) is 31.1 Å². The molecular weight excluding hydrogens is 270 g/mol. The van der Waals surface area contributed by atoms with Gasteiger partial charge in [-0.05, 0) is 50.1 Å². The highest BCUT2D eigenvalue weighted by Gasteiger charge is 2.25. The van der Waals surface area contributed by atoms with E-state index < -0.39 is 0 Å². The van der Waals surface area contributed by atoms with Crippen molar-refractivity contribution in [2.45, 2.75) is 26.8 Å². The maximum atomic E-state index is 12.2. The van der Waals surface area contributed by atoms with Crippen LogP contribution in [0.4, 0.5) is 0 Å². The molecule has 0 aliphatic carbocycles. The lowest BCUT2D eigenvalue weighted by Crippen LogP contribution is -2.19. The molecule has 0 unspecified atom stereocenters. The molecule has 1 aliphatic rings. The topological polar surface area (TPSA) is 29.5 Å². The number of esters is 1. The third kappa shape index (κ3) is 2.13. The molecule has 1 aliphatic heterocycles. The van der Waals surface area contributed by atoms with Crippen LogP contribution in [-0.2, 0) is 17.7 Å². The fourth-order valence-corrected chi connectivity index (χ4v) is 4.05. The molecule has 0 atom stereocenters. The Hall–Kier alpha value is -1.39. The van der Waals surface area contributed by atoms with Crippen LogP contribution < -0.4 is 0 Å². The van der Waals surface area contributed by atoms with Gasteiger partial charge in [0.15, 0.2) is 0 Å². The molecule has 0 saturated heterocycles. The standard InChI is InChI=1S/C16H19NO2S/c1-4-19-16(18)15-12-9-17(3)8-7-11-10(2)5-6-13(20-15)14(11)12/h5-6H,4,7-9H2,1-3H3. The van der Waals surface area contributed by atoms with Crippen molar-refractivity contribution >= 4 is 27.4 Å². The van der Waals surface area contributed by atoms with E-state index in [1.807, 2.05) is 6.92 Å². The lowest BCUT2D eigenvalue weighted by Gasteiger charge is -2.13. The Labute approximate surface area is 123 Å². The Bertz CT molecular complexity index is 675. The number of likely N-dealkylation sites (N-methyl/N-ethyl adjacent to an activating group) is 1. The second-order valence-corrected chi connectivity index (χ2v) is 6.40. The predicted octanol–water partition coefficient (Wildman–Crippen LogP) is 3.37. The smallest absolute Gasteiger partial charge is 0.348 e. The minimum absolute atomic E-state index is 0.178. The van der Waals surface area contributed by atoms with E-state index in [1.54, 1.807) is 11.3 Å². The lowest BCUT2D eigenvalue weighted by atomic mass is 9.99. The summed E-state index contributed by atoms with van der Waals surface area (Å²) in [5.74, 6) is -0.178. The number of hydrogen-bond donors (Lipinski definition) is 0. The molecule has 0 bridgehead atoms. The van der Waals surface area contributed by atoms with E-state index in [4.69, 9.17) is 4.74 Å². The van der Waals surface area contributed by atoms with Crippen molar-refractivity contribution in [1.29, 1.82) is 0 Å². The van der Waals surface area contributed by atoms with Gasteiger partial charge in [-0.25, -0.2) is 4.79 Å². The van der Waals surface area contributed by atoms with Crippen molar-refractivity contribution in [1.82, 2.24) is 4.90 Å². The highest BCUT2D eigenvalue weighted by Crippen LogP contribution is 2.38. The number of ether oxygens (including phenoxy) is 1. The van der Waals surface area contributed by atoms with Crippen LogP contribution in [0.2, 0.25) is 0 Å². The molecule has 1 aromatic heterocycles. The number of hydrogen-bond acceptors (Lipinski definition) is 4. The summed E-state index contributed by atoms with van der Waals surface area (Å²) in [6.07, 6.45) is 1.05. The molecule has 3 rings (SSSR count). The second kappa shape index (κ2) is 5.19. The number of carbonyl (C=O) groups excluding carboxylic acids is 1. The van der Waals surface area contributed by atoms with Crippen LogP contribution in [0.5, 0.6) is 0 Å². The van der Waals surface area contributed by atoms with Crippen LogP contribution >= 0.6 is 11.3 Å². The van der Waals surface area contributed by atoms with Gasteiger partial charge in [0.05, 0.1) is 6.61 Å². The number of thiophene rings is 1. The molecule has 0 fully saturated rings. The predicted molar refractivity (Wildman–Crippen MR) is 82.6 cm³/mol. The molecule has 0 amide bonds. The van der Waals surface area contributed by atoms with E-state index in [0.717, 1.165) is 30.0 Å². The number of aryl methyl sites for hydroxylation is 1. The summed E-state index contributed by atoms with van der Waals surface area (Å²) in [5.41, 5.74) is 3.87. The van der Waals surface area contributed by atoms with Crippen molar-refractivity contribution in [2.75, 3.05) is 20.2 Å². The summed E-state index contributed by atoms with van der Waals surface area (Å²) < 4.78 is 6.43. The summed E-state index contributed by atoms with van der Waals surface area (Å²) in [5, 5.41) is 1.29. The van der Waals surface area contributed by atoms with Gasteiger partial charge in [-0.3, -0.25) is 0 Å². The minimum atomic E-state index is -0.178. The molecule has 2 aromatic rings. The Morgan fingerprint density at radius 2 is 2.20 bits per heavy atom. The van der Waals surface area contributed by atoms with Gasteiger partial charge in [0.25, 0.3) is 0 Å². The van der Waals surface area contributed by atoms with Gasteiger partial charge in [0.2, 0.25) is 0 Å². The van der Waals surface area contributed by atoms with Crippen LogP contribution in [0, 0.1) is 6.92 Å². The zero-order chi connectivity index (χ0) is 14.3. The largest absolute Gasteiger partial charge is 0.462 e. The molecule has 4 heteroatoms. The number of carbonyl (C=O) groups is 1. The quantitative estimate of drug-likeness (QED) is 0.794. The van der Waals surface area contributed by atoms with Gasteiger partial charge >= 0.3 is 5.97 Å². The van der Waals surface area contributed by atoms with Gasteiger partial charge in [-0.15, -0.1) is 11.3 Å². The molecule has 0 spiro atoms. The first-order valence-corrected chi connectivity index (χ1v) is 7.83. The summed E-state index contributed by atoms with van der Waals surface area (Å²) in [6.45, 7) is 6.29. The normalized spacial score (nSPS) is 15.3. The maximum absolute atomic E-state index is 12.2. The maximum Gasteiger partial charge on any atom is 0.348 e. The number of rotatable bonds is 2. The first kappa shape index (κ1) is 13.6. The Morgan fingerprint density at radius 3 is 2.95 bits per heavy atom. The third-order valence-electron chi connectivity index (χ3n) is 3.93. The van der Waals surface area contributed by atoms with Crippen LogP contribution in [0.3, 0.4) is 0 Å². The van der Waals surface area contributed by atoms with Crippen molar-refractivity contribution in [3.63, 3.8) is 0 Å². The lowest BCUT2D eigenvalue weighted by molar-refractivity contribution is 0.0530. The zero-order valence-corrected chi connectivity index (χ0v) is 13.0. The highest BCUT2D eigenvalue weighted by molar-refractivity contribution is 7.21. The van der Waals surface area contributed by atoms with E-state index in [-0.39, 0.29) is 5.97 Å². The van der Waals surface area contributed by atoms with Gasteiger partial charge in [-0.2, -0.15) is 0 Å². The van der Waals surface area contributed by atoms with Crippen LogP contribution in [0.1, 0.15) is 33.3 Å². The molecule has 0 saturated carbocycles. The molecular formula is C16H19NO2S. The van der Waals surface area contributed by atoms with Gasteiger partial charge < -0.3 is 9.64 Å². The van der Waals surface area contributed by atoms with E-state index in [0.29, 0.717) is 6.61 Å². The molecule has 106 valence electrons. The van der Waals surface area contributed by atoms with Crippen molar-refractivity contribution in [2.24, 2.45) is 0 Å². The van der Waals surface area contributed by atoms with E-state index in [2.05, 4.69) is 31.0 Å². The van der Waals surface area contributed by atoms with Crippen LogP contribution in [0.15, 0.2) is 12.1 Å². The van der Waals surface area contributed by atoms with Gasteiger partial charge in [0.1, 0.15) is 4.88 Å². The summed E-state index contributed by atoms with van der Waals surface area (Å²) in [7, 11) is 2.11. The third-order valence-corrected chi connectivity index (χ3v) is 5.11. The molecule has 20 heavy (non-hydrogen) atoms. The van der Waals surface area contributed by atoms with Crippen molar-refractivity contribution < 1.29 is 9.53 Å². The Kier molecular flexibility index (Phi) is 3.52. The first-order valence-electron chi connectivity index (χ1n) is 7.01. The molecule has 0 N–H and O–H groups in total. The fraction of sp³-hybridized carbons (Fsp3) is 0.438. The van der Waals surface area contributed by atoms with Crippen molar-refractivity contribution in [3.8, 4) is 0 Å². The monoisotopic (exact) mass is 289 g/mol. The average Bonchev–Trinajstić information content (AvgIpc) is 2.67. The SMILES string of the molecule is CCOC(=O)c1sc2ccc(C)c3c2c1CN(C)CC3. The van der Waals surface area contributed by atoms with Gasteiger partial charge in [-0.1, -0.05) is 6.07 Å². The first-order chi connectivity index (χ1) is 9.61. The van der Waals surface area contributed by atoms with E-state index >= 15 is 0 Å².